The van der Waals surface area contributed by atoms with Crippen LogP contribution in [0.5, 0.6) is 0 Å². The van der Waals surface area contributed by atoms with E-state index in [0.29, 0.717) is 0 Å². The van der Waals surface area contributed by atoms with Crippen molar-refractivity contribution >= 4 is 0 Å². The van der Waals surface area contributed by atoms with Crippen molar-refractivity contribution in [1.82, 2.24) is 0 Å². The molecule has 0 N–H and O–H groups in total. The van der Waals surface area contributed by atoms with Crippen LogP contribution in [0.1, 0.15) is 0 Å². The summed E-state index contributed by atoms with van der Waals surface area (Å²) in [6.45, 7) is 0. The zero-order chi connectivity index (χ0) is 23.1. The van der Waals surface area contributed by atoms with Crippen LogP contribution in [0.2, 0.25) is 0 Å². The van der Waals surface area contributed by atoms with E-state index in [1.54, 1.807) is 0 Å². The molecule has 0 aromatic heterocycles. The van der Waals surface area contributed by atoms with E-state index in [1.165, 1.54) is 0 Å². The van der Waals surface area contributed by atoms with Crippen LogP contribution in [0.4, 0.5) is 0 Å². The second-order valence-electron chi connectivity index (χ2n) is 2.65. The number of hydrogen-bond acceptors (Lipinski definition) is 21. The van der Waals surface area contributed by atoms with Crippen molar-refractivity contribution in [3.8, 4) is 0 Å². The molecule has 2 radical (unpaired) electrons. The summed E-state index contributed by atoms with van der Waals surface area (Å²) in [7, 11) is 0. The van der Waals surface area contributed by atoms with E-state index in [1.807, 2.05) is 0 Å². The molecule has 0 fully saturated rings. The fourth-order valence-electron chi connectivity index (χ4n) is 0.306. The molecule has 29 heteroatoms. The summed E-state index contributed by atoms with van der Waals surface area (Å²) in [5.41, 5.74) is 0. The molecular weight excluding hydrogens is 982 g/mol. The first-order valence-electron chi connectivity index (χ1n) is 4.00. The van der Waals surface area contributed by atoms with Crippen LogP contribution in [0, 0.1) is 74.6 Å². The van der Waals surface area contributed by atoms with Crippen LogP contribution in [0.3, 0.4) is 0 Å². The second-order valence-corrected chi connectivity index (χ2v) is 13.6. The number of rotatable bonds is 6. The summed E-state index contributed by atoms with van der Waals surface area (Å²) < 4.78 is 177. The van der Waals surface area contributed by atoms with Gasteiger partial charge >= 0.3 is 235 Å². The molecule has 186 valence electrons. The van der Waals surface area contributed by atoms with Crippen molar-refractivity contribution < 1.29 is 235 Å². The first kappa shape index (κ1) is 42.1. The predicted molar refractivity (Wildman–Crippen MR) is 11.5 cm³/mol. The van der Waals surface area contributed by atoms with Gasteiger partial charge in [0.2, 0.25) is 0 Å². The van der Waals surface area contributed by atoms with E-state index in [2.05, 4.69) is 8.52 Å². The Bertz CT molecular complexity index is 854. The van der Waals surface area contributed by atoms with Crippen molar-refractivity contribution in [2.24, 2.45) is 0 Å². The Morgan fingerprint density at radius 3 is 0.379 bits per heavy atom. The van der Waals surface area contributed by atoms with Gasteiger partial charge in [0.25, 0.3) is 0 Å². The summed E-state index contributed by atoms with van der Waals surface area (Å²) in [5.74, 6) is 0. The Kier molecular flexibility index (Phi) is 22.9. The fraction of sp³-hybridized carbons (Fsp3) is 0. The molecule has 0 bridgehead atoms. The summed E-state index contributed by atoms with van der Waals surface area (Å²) in [6, 6.07) is 0. The van der Waals surface area contributed by atoms with Crippen molar-refractivity contribution in [3.05, 3.63) is 0 Å². The van der Waals surface area contributed by atoms with Gasteiger partial charge < -0.3 is 0 Å². The third kappa shape index (κ3) is 59.1. The van der Waals surface area contributed by atoms with Crippen LogP contribution in [-0.2, 0) is 136 Å². The van der Waals surface area contributed by atoms with Crippen molar-refractivity contribution in [1.29, 1.82) is 0 Å². The SMILES string of the molecule is [Er+3].[Er+3].[O]=[Cr](=[O])([O-])[O][Cr](=[O])(=[O])[O-].[O]=[Cr](=[O])([O-])[O][Cr](=[O])(=[O])[O-].[O]=[Cr](=[O])([O-])[O][Cr](=[O])(=[O])[O-]. The van der Waals surface area contributed by atoms with E-state index in [0.717, 1.165) is 0 Å². The summed E-state index contributed by atoms with van der Waals surface area (Å²) in [6.07, 6.45) is 0. The van der Waals surface area contributed by atoms with Gasteiger partial charge in [0.15, 0.2) is 0 Å². The average molecular weight is 982 g/mol. The molecule has 0 rings (SSSR count). The van der Waals surface area contributed by atoms with Gasteiger partial charge in [-0.1, -0.05) is 0 Å². The van der Waals surface area contributed by atoms with Crippen molar-refractivity contribution in [3.63, 3.8) is 0 Å². The molecule has 0 aliphatic rings. The zero-order valence-electron chi connectivity index (χ0n) is 11.6. The normalized spacial score (nSPS) is 12.6. The molecule has 0 unspecified atom stereocenters. The van der Waals surface area contributed by atoms with E-state index in [4.69, 9.17) is 0 Å². The Morgan fingerprint density at radius 1 is 0.310 bits per heavy atom. The van der Waals surface area contributed by atoms with Crippen LogP contribution in [0.15, 0.2) is 0 Å². The van der Waals surface area contributed by atoms with E-state index in [9.17, 15) is 70.6 Å². The van der Waals surface area contributed by atoms with E-state index in [-0.39, 0.29) is 74.6 Å². The monoisotopic (exact) mass is 979 g/mol. The van der Waals surface area contributed by atoms with Crippen LogP contribution >= 0.6 is 0 Å². The standard InChI is InChI=1S/6Cr.2Er.21O/q;;;;;;2*+3;;;;;;;;;;;;;;;;6*-1. The molecule has 0 atom stereocenters. The maximum absolute atomic E-state index is 9.38. The number of hydrogen-bond donors (Lipinski definition) is 0. The molecule has 0 saturated carbocycles. The first-order valence-corrected chi connectivity index (χ1v) is 16.5. The van der Waals surface area contributed by atoms with Gasteiger partial charge in [0, 0.05) is 0 Å². The Balaban J connectivity index is -0.0000000960. The zero-order valence-corrected chi connectivity index (χ0v) is 23.0. The molecular formula is Cr6Er2O21. The molecule has 0 aromatic carbocycles. The molecule has 21 nitrogen and oxygen atoms in total. The predicted octanol–water partition coefficient (Wildman–Crippen LogP) is -8.78. The summed E-state index contributed by atoms with van der Waals surface area (Å²) in [5, 5.41) is 0. The molecule has 0 aliphatic heterocycles. The van der Waals surface area contributed by atoms with Gasteiger partial charge in [-0.25, -0.2) is 0 Å². The topological polar surface area (TPSA) is 371 Å². The quantitative estimate of drug-likeness (QED) is 0.238. The molecule has 0 aromatic rings. The third-order valence-corrected chi connectivity index (χ3v) is 8.50. The fourth-order valence-corrected chi connectivity index (χ4v) is 5.21. The van der Waals surface area contributed by atoms with Crippen LogP contribution in [0.25, 0.3) is 0 Å². The van der Waals surface area contributed by atoms with Crippen molar-refractivity contribution in [2.45, 2.75) is 0 Å². The minimum atomic E-state index is -6.07. The Labute approximate surface area is 231 Å². The molecule has 0 amide bonds. The Morgan fingerprint density at radius 2 is 0.379 bits per heavy atom. The van der Waals surface area contributed by atoms with E-state index >= 15 is 0 Å². The summed E-state index contributed by atoms with van der Waals surface area (Å²) in [4.78, 5) is 0. The molecule has 0 saturated heterocycles. The average Bonchev–Trinajstić information content (AvgIpc) is 1.96. The van der Waals surface area contributed by atoms with Gasteiger partial charge in [-0.3, -0.25) is 0 Å². The van der Waals surface area contributed by atoms with Crippen molar-refractivity contribution in [2.75, 3.05) is 0 Å². The summed E-state index contributed by atoms with van der Waals surface area (Å²) >= 11 is -36.4. The maximum atomic E-state index is 9.38. The Hall–Kier alpha value is 2.93. The third-order valence-electron chi connectivity index (χ3n) is 0.500. The van der Waals surface area contributed by atoms with Gasteiger partial charge in [0.05, 0.1) is 0 Å². The first-order chi connectivity index (χ1) is 11.1. The second kappa shape index (κ2) is 15.8. The van der Waals surface area contributed by atoms with Crippen LogP contribution < -0.4 is 24.9 Å². The minimum absolute atomic E-state index is 0. The molecule has 0 heterocycles. The molecule has 0 aliphatic carbocycles. The molecule has 0 spiro atoms. The van der Waals surface area contributed by atoms with Crippen LogP contribution in [-0.4, -0.2) is 0 Å². The van der Waals surface area contributed by atoms with E-state index < -0.39 is 81.7 Å². The van der Waals surface area contributed by atoms with Gasteiger partial charge in [-0.15, -0.1) is 0 Å². The van der Waals surface area contributed by atoms with Gasteiger partial charge in [-0.05, 0) is 0 Å². The molecule has 29 heavy (non-hydrogen) atoms. The van der Waals surface area contributed by atoms with Gasteiger partial charge in [-0.2, -0.15) is 0 Å². The van der Waals surface area contributed by atoms with Gasteiger partial charge in [0.1, 0.15) is 0 Å².